The van der Waals surface area contributed by atoms with Crippen LogP contribution in [0.15, 0.2) is 0 Å². The van der Waals surface area contributed by atoms with Crippen LogP contribution in [0.25, 0.3) is 0 Å². The van der Waals surface area contributed by atoms with E-state index in [-0.39, 0.29) is 0 Å². The molecule has 1 N–H and O–H groups in total. The van der Waals surface area contributed by atoms with Crippen LogP contribution in [-0.4, -0.2) is 23.3 Å². The van der Waals surface area contributed by atoms with Gasteiger partial charge in [-0.1, -0.05) is 33.6 Å². The lowest BCUT2D eigenvalue weighted by Gasteiger charge is -2.23. The molecule has 1 saturated carbocycles. The van der Waals surface area contributed by atoms with Gasteiger partial charge >= 0.3 is 0 Å². The minimum absolute atomic E-state index is 0.362. The number of hydrogen-bond acceptors (Lipinski definition) is 4. The molecule has 1 aromatic rings. The molecule has 0 spiro atoms. The first-order valence-electron chi connectivity index (χ1n) is 7.70. The maximum Gasteiger partial charge on any atom is 0.123 e. The van der Waals surface area contributed by atoms with E-state index in [9.17, 15) is 0 Å². The molecule has 1 aromatic heterocycles. The molecule has 0 bridgehead atoms. The van der Waals surface area contributed by atoms with Gasteiger partial charge in [-0.05, 0) is 31.7 Å². The van der Waals surface area contributed by atoms with Gasteiger partial charge in [0.2, 0.25) is 0 Å². The van der Waals surface area contributed by atoms with Gasteiger partial charge in [-0.15, -0.1) is 21.5 Å². The molecule has 1 fully saturated rings. The summed E-state index contributed by atoms with van der Waals surface area (Å²) in [5, 5.41) is 14.9. The second kappa shape index (κ2) is 6.80. The Morgan fingerprint density at radius 2 is 2.00 bits per heavy atom. The molecule has 0 atom stereocenters. The van der Waals surface area contributed by atoms with Crippen molar-refractivity contribution in [3.8, 4) is 0 Å². The molecule has 1 aliphatic carbocycles. The first kappa shape index (κ1) is 14.9. The Kier molecular flexibility index (Phi) is 5.34. The largest absolute Gasteiger partial charge is 0.316 e. The average molecular weight is 281 g/mol. The molecule has 0 radical (unpaired) electrons. The fraction of sp³-hybridized carbons (Fsp3) is 0.867. The summed E-state index contributed by atoms with van der Waals surface area (Å²) in [5.41, 5.74) is 0.362. The third-order valence-corrected chi connectivity index (χ3v) is 5.46. The van der Waals surface area contributed by atoms with Crippen LogP contribution in [0.5, 0.6) is 0 Å². The summed E-state index contributed by atoms with van der Waals surface area (Å²) in [6.07, 6.45) is 7.57. The number of aromatic nitrogens is 2. The van der Waals surface area contributed by atoms with Crippen LogP contribution in [0.2, 0.25) is 0 Å². The van der Waals surface area contributed by atoms with Crippen molar-refractivity contribution in [2.45, 2.75) is 64.7 Å². The molecular weight excluding hydrogens is 254 g/mol. The third kappa shape index (κ3) is 3.76. The number of nitrogens with zero attached hydrogens (tertiary/aromatic N) is 2. The average Bonchev–Trinajstić information content (AvgIpc) is 3.04. The third-order valence-electron chi connectivity index (χ3n) is 4.23. The summed E-state index contributed by atoms with van der Waals surface area (Å²) in [6.45, 7) is 8.88. The first-order valence-corrected chi connectivity index (χ1v) is 8.51. The van der Waals surface area contributed by atoms with E-state index in [0.29, 0.717) is 11.3 Å². The molecule has 4 heteroatoms. The van der Waals surface area contributed by atoms with E-state index in [1.807, 2.05) is 11.3 Å². The number of rotatable bonds is 7. The highest BCUT2D eigenvalue weighted by Gasteiger charge is 2.36. The highest BCUT2D eigenvalue weighted by Crippen LogP contribution is 2.44. The molecular formula is C15H27N3S. The van der Waals surface area contributed by atoms with Crippen molar-refractivity contribution in [1.82, 2.24) is 15.5 Å². The lowest BCUT2D eigenvalue weighted by atomic mass is 9.84. The van der Waals surface area contributed by atoms with Gasteiger partial charge in [-0.25, -0.2) is 0 Å². The van der Waals surface area contributed by atoms with E-state index in [0.717, 1.165) is 19.5 Å². The highest BCUT2D eigenvalue weighted by molar-refractivity contribution is 7.11. The van der Waals surface area contributed by atoms with Crippen molar-refractivity contribution in [3.63, 3.8) is 0 Å². The van der Waals surface area contributed by atoms with E-state index >= 15 is 0 Å². The number of nitrogens with one attached hydrogen (secondary N) is 1. The molecule has 0 aliphatic heterocycles. The van der Waals surface area contributed by atoms with E-state index in [1.54, 1.807) is 0 Å². The molecule has 0 aromatic carbocycles. The Labute approximate surface area is 121 Å². The molecule has 2 rings (SSSR count). The Morgan fingerprint density at radius 3 is 2.63 bits per heavy atom. The molecule has 1 aliphatic rings. The molecule has 0 amide bonds. The van der Waals surface area contributed by atoms with Gasteiger partial charge in [0.15, 0.2) is 0 Å². The van der Waals surface area contributed by atoms with Crippen LogP contribution in [0.4, 0.5) is 0 Å². The van der Waals surface area contributed by atoms with Gasteiger partial charge in [0, 0.05) is 18.4 Å². The summed E-state index contributed by atoms with van der Waals surface area (Å²) in [5.74, 6) is 0.715. The number of hydrogen-bond donors (Lipinski definition) is 1. The zero-order chi connectivity index (χ0) is 13.7. The zero-order valence-corrected chi connectivity index (χ0v) is 13.4. The van der Waals surface area contributed by atoms with Crippen LogP contribution in [-0.2, 0) is 11.8 Å². The van der Waals surface area contributed by atoms with E-state index in [2.05, 4.69) is 36.3 Å². The van der Waals surface area contributed by atoms with Crippen LogP contribution >= 0.6 is 11.3 Å². The van der Waals surface area contributed by atoms with Crippen LogP contribution in [0.1, 0.15) is 62.9 Å². The molecule has 1 heterocycles. The molecule has 0 saturated heterocycles. The first-order chi connectivity index (χ1) is 9.16. The maximum atomic E-state index is 4.50. The smallest absolute Gasteiger partial charge is 0.123 e. The molecule has 19 heavy (non-hydrogen) atoms. The minimum atomic E-state index is 0.362. The van der Waals surface area contributed by atoms with Crippen molar-refractivity contribution in [3.05, 3.63) is 10.0 Å². The maximum absolute atomic E-state index is 4.50. The fourth-order valence-corrected chi connectivity index (χ4v) is 4.08. The zero-order valence-electron chi connectivity index (χ0n) is 12.5. The highest BCUT2D eigenvalue weighted by atomic mass is 32.1. The van der Waals surface area contributed by atoms with Gasteiger partial charge in [-0.3, -0.25) is 0 Å². The van der Waals surface area contributed by atoms with Gasteiger partial charge in [0.05, 0.1) is 0 Å². The summed E-state index contributed by atoms with van der Waals surface area (Å²) in [4.78, 5) is 0. The van der Waals surface area contributed by atoms with Gasteiger partial charge in [0.1, 0.15) is 10.0 Å². The summed E-state index contributed by atoms with van der Waals surface area (Å²) in [7, 11) is 0. The van der Waals surface area contributed by atoms with Crippen LogP contribution < -0.4 is 5.32 Å². The van der Waals surface area contributed by atoms with E-state index in [1.165, 1.54) is 42.1 Å². The van der Waals surface area contributed by atoms with E-state index < -0.39 is 0 Å². The van der Waals surface area contributed by atoms with Gasteiger partial charge in [-0.2, -0.15) is 0 Å². The Hall–Kier alpha value is -0.480. The second-order valence-corrected chi connectivity index (χ2v) is 7.25. The van der Waals surface area contributed by atoms with Crippen molar-refractivity contribution in [2.24, 2.45) is 5.92 Å². The van der Waals surface area contributed by atoms with Crippen molar-refractivity contribution < 1.29 is 0 Å². The summed E-state index contributed by atoms with van der Waals surface area (Å²) < 4.78 is 0. The van der Waals surface area contributed by atoms with Crippen molar-refractivity contribution >= 4 is 11.3 Å². The summed E-state index contributed by atoms with van der Waals surface area (Å²) >= 11 is 1.85. The normalized spacial score (nSPS) is 18.3. The standard InChI is InChI=1S/C15H27N3S/c1-4-15(8-5-6-9-15)14-18-17-13(19-14)7-10-16-11-12(2)3/h12,16H,4-11H2,1-3H3. The Bertz CT molecular complexity index is 380. The predicted octanol–water partition coefficient (Wildman–Crippen LogP) is 3.55. The quantitative estimate of drug-likeness (QED) is 0.777. The van der Waals surface area contributed by atoms with Gasteiger partial charge < -0.3 is 5.32 Å². The molecule has 0 unspecified atom stereocenters. The monoisotopic (exact) mass is 281 g/mol. The van der Waals surface area contributed by atoms with Crippen LogP contribution in [0.3, 0.4) is 0 Å². The Morgan fingerprint density at radius 1 is 1.26 bits per heavy atom. The van der Waals surface area contributed by atoms with E-state index in [4.69, 9.17) is 0 Å². The lowest BCUT2D eigenvalue weighted by Crippen LogP contribution is -2.22. The predicted molar refractivity (Wildman–Crippen MR) is 81.8 cm³/mol. The fourth-order valence-electron chi connectivity index (χ4n) is 2.93. The topological polar surface area (TPSA) is 37.8 Å². The van der Waals surface area contributed by atoms with Crippen molar-refractivity contribution in [1.29, 1.82) is 0 Å². The summed E-state index contributed by atoms with van der Waals surface area (Å²) in [6, 6.07) is 0. The van der Waals surface area contributed by atoms with Gasteiger partial charge in [0.25, 0.3) is 0 Å². The SMILES string of the molecule is CCC1(c2nnc(CCNCC(C)C)s2)CCCC1. The van der Waals surface area contributed by atoms with Crippen LogP contribution in [0, 0.1) is 5.92 Å². The Balaban J connectivity index is 1.88. The minimum Gasteiger partial charge on any atom is -0.316 e. The molecule has 3 nitrogen and oxygen atoms in total. The lowest BCUT2D eigenvalue weighted by molar-refractivity contribution is 0.419. The van der Waals surface area contributed by atoms with Crippen molar-refractivity contribution in [2.75, 3.05) is 13.1 Å². The second-order valence-electron chi connectivity index (χ2n) is 6.19. The molecule has 108 valence electrons.